The van der Waals surface area contributed by atoms with E-state index < -0.39 is 170 Å². The molecule has 0 bridgehead atoms. The quantitative estimate of drug-likeness (QED) is 0.0153. The molecule has 0 aliphatic carbocycles. The first-order valence-corrected chi connectivity index (χ1v) is 48.8. The summed E-state index contributed by atoms with van der Waals surface area (Å²) >= 11 is 0. The number of aliphatic carboxylic acids is 2. The van der Waals surface area contributed by atoms with E-state index in [1.54, 1.807) is 18.9 Å². The molecule has 3 fully saturated rings. The summed E-state index contributed by atoms with van der Waals surface area (Å²) in [6, 6.07) is -9.98. The van der Waals surface area contributed by atoms with E-state index >= 15 is 0 Å². The SMILES string of the molecule is CCCCCCCCCCCCCC(=O)N1CCCC1C(=O)NC(CCC(=O)[O-])C(=O)NCCNC(=O)CC(CC(=O)NCCNC(=O)C(CC[C-]=O)NC(=O)C(CC[C-]=O)NC(=O)C(CC[C-]=O)NC(=O)C1CCCN1C(=O)CCCCCCCCCCCCC)C(=O)NCCNC(=O)C(CCC(=O)[O-])NC(=O)C1CCCN1C(=O)CCCCCCCCCCCCC.[Na+].[Na+].[Na+].[Na+].[Na+].[OH-].[OH-].[OH-]. The fraction of sp³-hybridized carbons (Fsp3) is 0.798. The van der Waals surface area contributed by atoms with Gasteiger partial charge in [-0.15, -0.1) is 0 Å². The van der Waals surface area contributed by atoms with Gasteiger partial charge in [-0.3, -0.25) is 86.0 Å². The third kappa shape index (κ3) is 65.4. The van der Waals surface area contributed by atoms with E-state index in [9.17, 15) is 101 Å². The van der Waals surface area contributed by atoms with E-state index in [4.69, 9.17) is 0 Å². The standard InChI is InChI=1S/C94H157N14O21.5Na.3H2O/c1-4-7-10-13-16-19-22-25-28-31-34-49-81(114)106-62-37-46-76(106)92(127)103-73(45-42-67-111)91(126)102-72(44-41-66-110)90(125)101-71(43-40-65-109)87(122)98-58-56-95-79(112)68-70(86(121)97-60-61-100-89(124)75(53-55-85(119)120)105-94(129)78-48-39-64-108(78)83(116)51-36-33-30-27-24-21-18-15-12-9-6-3)69-80(113)96-57-59-99-88(123)74(52-54-84(117)118)104-93(128)77-47-38-63-107(77)82(115)50-35-32-29-26-23-20-17-14-11-8-5-2;;;;;;;;/h70-78H,4-64,68-69H2,1-3H3,(H,95,112)(H,96,113)(H,97,121)(H,98,122)(H,99,123)(H,100,124)(H,101,125)(H,102,126)(H,103,127)(H,104,128)(H,105,129)(H,117,118)(H,119,120);;;;;;3*1H2/q-3;5*+1;;;/p-5. The van der Waals surface area contributed by atoms with Crippen LogP contribution in [0.3, 0.4) is 0 Å². The van der Waals surface area contributed by atoms with Gasteiger partial charge < -0.3 is 124 Å². The molecule has 3 heterocycles. The number of amides is 14. The maximum Gasteiger partial charge on any atom is 1.00 e. The molecular weight excluding hydrogens is 1820 g/mol. The molecule has 38 nitrogen and oxygen atoms in total. The second kappa shape index (κ2) is 91.4. The van der Waals surface area contributed by atoms with Crippen LogP contribution >= 0.6 is 0 Å². The Balaban J connectivity index is -0.00000536. The van der Waals surface area contributed by atoms with Crippen molar-refractivity contribution in [1.29, 1.82) is 0 Å². The van der Waals surface area contributed by atoms with Crippen molar-refractivity contribution in [1.82, 2.24) is 73.2 Å². The number of carboxylic acids is 2. The number of carbonyl (C=O) groups is 16. The molecule has 137 heavy (non-hydrogen) atoms. The third-order valence-corrected chi connectivity index (χ3v) is 24.1. The van der Waals surface area contributed by atoms with Crippen LogP contribution in [0.25, 0.3) is 0 Å². The Morgan fingerprint density at radius 2 is 0.504 bits per heavy atom. The minimum atomic E-state index is -1.55. The van der Waals surface area contributed by atoms with Crippen LogP contribution < -0.4 is 216 Å². The summed E-state index contributed by atoms with van der Waals surface area (Å²) in [6.07, 6.45) is 39.0. The summed E-state index contributed by atoms with van der Waals surface area (Å²) in [5.41, 5.74) is 0. The van der Waals surface area contributed by atoms with Gasteiger partial charge in [-0.05, 0) is 103 Å². The summed E-state index contributed by atoms with van der Waals surface area (Å²) in [4.78, 5) is 255. The summed E-state index contributed by atoms with van der Waals surface area (Å²) in [6.45, 7) is 5.60. The number of nitrogens with one attached hydrogen (secondary N) is 11. The first kappa shape index (κ1) is 143. The van der Waals surface area contributed by atoms with Gasteiger partial charge in [-0.25, -0.2) is 0 Å². The van der Waals surface area contributed by atoms with Gasteiger partial charge in [-0.2, -0.15) is 19.3 Å². The van der Waals surface area contributed by atoms with E-state index in [-0.39, 0.29) is 279 Å². The van der Waals surface area contributed by atoms with Crippen molar-refractivity contribution in [2.75, 3.05) is 58.9 Å². The zero-order valence-corrected chi connectivity index (χ0v) is 94.0. The van der Waals surface area contributed by atoms with E-state index in [1.807, 2.05) is 0 Å². The van der Waals surface area contributed by atoms with Crippen LogP contribution in [0.15, 0.2) is 0 Å². The van der Waals surface area contributed by atoms with Gasteiger partial charge in [0.15, 0.2) is 0 Å². The molecular formula is C94H158N14Na5O24-3. The predicted molar refractivity (Wildman–Crippen MR) is 487 cm³/mol. The van der Waals surface area contributed by atoms with E-state index in [0.29, 0.717) is 77.4 Å². The van der Waals surface area contributed by atoms with Gasteiger partial charge in [0, 0.05) is 103 Å². The molecule has 43 heteroatoms. The van der Waals surface area contributed by atoms with Gasteiger partial charge in [0.2, 0.25) is 82.7 Å². The molecule has 0 spiro atoms. The largest absolute Gasteiger partial charge is 1.00 e. The number of nitrogens with zero attached hydrogens (tertiary/aromatic N) is 3. The minimum Gasteiger partial charge on any atom is -0.870 e. The van der Waals surface area contributed by atoms with Crippen molar-refractivity contribution in [3.63, 3.8) is 0 Å². The van der Waals surface area contributed by atoms with Crippen molar-refractivity contribution < 1.29 is 266 Å². The number of likely N-dealkylation sites (tertiary alicyclic amines) is 3. The maximum absolute atomic E-state index is 14.1. The average Bonchev–Trinajstić information content (AvgIpc) is 1.73. The van der Waals surface area contributed by atoms with Crippen LogP contribution in [0, 0.1) is 5.92 Å². The first-order valence-electron chi connectivity index (χ1n) is 48.8. The van der Waals surface area contributed by atoms with Crippen molar-refractivity contribution in [3.8, 4) is 0 Å². The van der Waals surface area contributed by atoms with Gasteiger partial charge in [0.25, 0.3) is 0 Å². The molecule has 3 aliphatic rings. The molecule has 14 N–H and O–H groups in total. The zero-order valence-electron chi connectivity index (χ0n) is 84.0. The van der Waals surface area contributed by atoms with Crippen molar-refractivity contribution in [2.24, 2.45) is 5.92 Å². The Morgan fingerprint density at radius 1 is 0.285 bits per heavy atom. The van der Waals surface area contributed by atoms with Gasteiger partial charge in [0.05, 0.1) is 5.92 Å². The second-order valence-corrected chi connectivity index (χ2v) is 34.7. The molecule has 0 aromatic rings. The van der Waals surface area contributed by atoms with Crippen LogP contribution in [0.4, 0.5) is 0 Å². The van der Waals surface area contributed by atoms with Crippen LogP contribution in [-0.2, 0) is 91.1 Å². The van der Waals surface area contributed by atoms with Crippen LogP contribution in [0.1, 0.15) is 367 Å². The van der Waals surface area contributed by atoms with Gasteiger partial charge in [-0.1, -0.05) is 213 Å². The van der Waals surface area contributed by atoms with Gasteiger partial charge >= 0.3 is 148 Å². The van der Waals surface area contributed by atoms with E-state index in [2.05, 4.69) is 79.3 Å². The van der Waals surface area contributed by atoms with Crippen molar-refractivity contribution in [2.45, 2.75) is 416 Å². The Hall–Kier alpha value is -4.59. The molecule has 0 saturated carbocycles. The fourth-order valence-corrected chi connectivity index (χ4v) is 16.6. The molecule has 9 unspecified atom stereocenters. The number of carbonyl (C=O) groups excluding carboxylic acids is 19. The first-order chi connectivity index (χ1) is 62.3. The smallest absolute Gasteiger partial charge is 0.870 e. The molecule has 0 aromatic heterocycles. The third-order valence-electron chi connectivity index (χ3n) is 24.1. The van der Waals surface area contributed by atoms with Crippen LogP contribution in [-0.4, -0.2) is 252 Å². The molecule has 756 valence electrons. The Kier molecular flexibility index (Phi) is 95.4. The van der Waals surface area contributed by atoms with Crippen LogP contribution in [0.5, 0.6) is 0 Å². The summed E-state index contributed by atoms with van der Waals surface area (Å²) in [5.74, 6) is -14.0. The van der Waals surface area contributed by atoms with Crippen molar-refractivity contribution in [3.05, 3.63) is 0 Å². The maximum atomic E-state index is 14.1. The van der Waals surface area contributed by atoms with E-state index in [1.165, 1.54) is 130 Å². The van der Waals surface area contributed by atoms with E-state index in [0.717, 1.165) is 77.0 Å². The molecule has 14 amide bonds. The molecule has 3 saturated heterocycles. The Morgan fingerprint density at radius 3 is 0.752 bits per heavy atom. The van der Waals surface area contributed by atoms with Crippen molar-refractivity contribution >= 4 is 113 Å². The number of hydrogen-bond donors (Lipinski definition) is 11. The zero-order chi connectivity index (χ0) is 94.6. The predicted octanol–water partition coefficient (Wildman–Crippen LogP) is -10.2. The van der Waals surface area contributed by atoms with Crippen LogP contribution in [0.2, 0.25) is 0 Å². The number of carboxylic acid groups (broad SMARTS) is 2. The Bertz CT molecular complexity index is 3440. The second-order valence-electron chi connectivity index (χ2n) is 34.7. The number of unbranched alkanes of at least 4 members (excludes halogenated alkanes) is 30. The molecule has 9 atom stereocenters. The molecule has 0 radical (unpaired) electrons. The Labute approximate surface area is 923 Å². The normalized spacial score (nSPS) is 15.1. The minimum absolute atomic E-state index is 0. The summed E-state index contributed by atoms with van der Waals surface area (Å²) < 4.78 is 0. The van der Waals surface area contributed by atoms with Gasteiger partial charge in [0.1, 0.15) is 48.3 Å². The summed E-state index contributed by atoms with van der Waals surface area (Å²) in [5, 5.41) is 51.4. The topological polar surface area (TPSA) is 602 Å². The number of rotatable bonds is 78. The average molecular weight is 1980 g/mol. The monoisotopic (exact) mass is 1980 g/mol. The fourth-order valence-electron chi connectivity index (χ4n) is 16.6. The molecule has 0 aromatic carbocycles. The summed E-state index contributed by atoms with van der Waals surface area (Å²) in [7, 11) is 0. The molecule has 3 rings (SSSR count). The molecule has 3 aliphatic heterocycles. The number of hydrogen-bond acceptors (Lipinski definition) is 24.